The van der Waals surface area contributed by atoms with Crippen LogP contribution in [0, 0.1) is 0 Å². The summed E-state index contributed by atoms with van der Waals surface area (Å²) in [5, 5.41) is 8.98. The van der Waals surface area contributed by atoms with E-state index in [0.29, 0.717) is 17.2 Å². The maximum atomic E-state index is 11.0. The topological polar surface area (TPSA) is 80.6 Å². The lowest BCUT2D eigenvalue weighted by Crippen LogP contribution is -2.00. The molecule has 0 amide bonds. The predicted octanol–water partition coefficient (Wildman–Crippen LogP) is 2.28. The van der Waals surface area contributed by atoms with Crippen LogP contribution >= 0.6 is 0 Å². The zero-order chi connectivity index (χ0) is 13.4. The number of aromatic carboxylic acids is 1. The normalized spacial score (nSPS) is 10.7. The van der Waals surface area contributed by atoms with Crippen LogP contribution in [0.1, 0.15) is 10.4 Å². The van der Waals surface area contributed by atoms with Crippen LogP contribution < -0.4 is 5.73 Å². The third-order valence-electron chi connectivity index (χ3n) is 2.95. The van der Waals surface area contributed by atoms with E-state index in [-0.39, 0.29) is 5.56 Å². The molecule has 5 heteroatoms. The summed E-state index contributed by atoms with van der Waals surface area (Å²) in [4.78, 5) is 15.4. The van der Waals surface area contributed by atoms with Crippen molar-refractivity contribution in [2.45, 2.75) is 0 Å². The third kappa shape index (κ3) is 1.81. The Bertz CT molecular complexity index is 763. The van der Waals surface area contributed by atoms with Gasteiger partial charge in [-0.3, -0.25) is 4.40 Å². The van der Waals surface area contributed by atoms with Crippen LogP contribution in [0.15, 0.2) is 48.7 Å². The summed E-state index contributed by atoms with van der Waals surface area (Å²) < 4.78 is 1.59. The molecule has 0 spiro atoms. The molecule has 2 aromatic heterocycles. The molecule has 94 valence electrons. The first-order valence-electron chi connectivity index (χ1n) is 5.73. The van der Waals surface area contributed by atoms with Crippen molar-refractivity contribution in [3.8, 4) is 11.3 Å². The van der Waals surface area contributed by atoms with Gasteiger partial charge in [-0.2, -0.15) is 0 Å². The number of nitrogens with zero attached hydrogens (tertiary/aromatic N) is 2. The third-order valence-corrected chi connectivity index (χ3v) is 2.95. The molecule has 3 N–H and O–H groups in total. The van der Waals surface area contributed by atoms with Gasteiger partial charge in [0.2, 0.25) is 0 Å². The summed E-state index contributed by atoms with van der Waals surface area (Å²) in [5.41, 5.74) is 8.41. The van der Waals surface area contributed by atoms with Gasteiger partial charge in [0.25, 0.3) is 0 Å². The minimum absolute atomic E-state index is 0.177. The Labute approximate surface area is 108 Å². The molecule has 0 radical (unpaired) electrons. The van der Waals surface area contributed by atoms with Crippen LogP contribution in [0.3, 0.4) is 0 Å². The number of benzene rings is 1. The minimum atomic E-state index is -0.990. The molecule has 0 aliphatic heterocycles. The summed E-state index contributed by atoms with van der Waals surface area (Å²) in [6.45, 7) is 0. The number of carboxylic acid groups (broad SMARTS) is 1. The van der Waals surface area contributed by atoms with E-state index in [0.717, 1.165) is 5.56 Å². The van der Waals surface area contributed by atoms with Gasteiger partial charge in [0.1, 0.15) is 17.2 Å². The highest BCUT2D eigenvalue weighted by atomic mass is 16.4. The Morgan fingerprint density at radius 2 is 1.89 bits per heavy atom. The number of nitrogen functional groups attached to an aromatic ring is 1. The first kappa shape index (κ1) is 11.3. The molecule has 19 heavy (non-hydrogen) atoms. The molecule has 3 rings (SSSR count). The summed E-state index contributed by atoms with van der Waals surface area (Å²) in [7, 11) is 0. The Hall–Kier alpha value is -2.82. The molecule has 0 atom stereocenters. The van der Waals surface area contributed by atoms with Gasteiger partial charge < -0.3 is 10.8 Å². The highest BCUT2D eigenvalue weighted by Gasteiger charge is 2.12. The van der Waals surface area contributed by atoms with Gasteiger partial charge in [0.15, 0.2) is 0 Å². The van der Waals surface area contributed by atoms with Crippen molar-refractivity contribution in [3.05, 3.63) is 54.2 Å². The molecular formula is C14H11N3O2. The molecule has 0 bridgehead atoms. The van der Waals surface area contributed by atoms with Crippen molar-refractivity contribution in [1.82, 2.24) is 9.38 Å². The number of aromatic nitrogens is 2. The second-order valence-corrected chi connectivity index (χ2v) is 4.16. The number of nitrogens with two attached hydrogens (primary N) is 1. The largest absolute Gasteiger partial charge is 0.478 e. The smallest absolute Gasteiger partial charge is 0.337 e. The van der Waals surface area contributed by atoms with E-state index < -0.39 is 5.97 Å². The van der Waals surface area contributed by atoms with E-state index in [4.69, 9.17) is 10.8 Å². The van der Waals surface area contributed by atoms with Gasteiger partial charge in [-0.15, -0.1) is 0 Å². The van der Waals surface area contributed by atoms with Crippen molar-refractivity contribution >= 4 is 17.4 Å². The minimum Gasteiger partial charge on any atom is -0.478 e. The summed E-state index contributed by atoms with van der Waals surface area (Å²) >= 11 is 0. The van der Waals surface area contributed by atoms with Gasteiger partial charge >= 0.3 is 5.97 Å². The number of imidazole rings is 1. The number of carbonyl (C=O) groups is 1. The van der Waals surface area contributed by atoms with Gasteiger partial charge in [-0.05, 0) is 12.1 Å². The standard InChI is InChI=1S/C14H11N3O2/c15-13-12(9-4-2-1-3-5-9)16-11-7-6-10(14(18)19)8-17(11)13/h1-8H,15H2,(H,18,19). The fraction of sp³-hybridized carbons (Fsp3) is 0. The maximum Gasteiger partial charge on any atom is 0.337 e. The Kier molecular flexibility index (Phi) is 2.45. The van der Waals surface area contributed by atoms with E-state index in [1.807, 2.05) is 30.3 Å². The fourth-order valence-electron chi connectivity index (χ4n) is 2.00. The molecular weight excluding hydrogens is 242 g/mol. The molecule has 0 aliphatic carbocycles. The number of carboxylic acids is 1. The Morgan fingerprint density at radius 3 is 2.58 bits per heavy atom. The second-order valence-electron chi connectivity index (χ2n) is 4.16. The quantitative estimate of drug-likeness (QED) is 0.734. The summed E-state index contributed by atoms with van der Waals surface area (Å²) in [5.74, 6) is -0.555. The van der Waals surface area contributed by atoms with E-state index in [9.17, 15) is 4.79 Å². The molecule has 0 unspecified atom stereocenters. The average molecular weight is 253 g/mol. The van der Waals surface area contributed by atoms with E-state index in [1.165, 1.54) is 12.3 Å². The summed E-state index contributed by atoms with van der Waals surface area (Å²) in [6.07, 6.45) is 1.48. The number of fused-ring (bicyclic) bond motifs is 1. The predicted molar refractivity (Wildman–Crippen MR) is 72.0 cm³/mol. The van der Waals surface area contributed by atoms with Crippen LogP contribution in [0.4, 0.5) is 5.82 Å². The average Bonchev–Trinajstić information content (AvgIpc) is 2.77. The SMILES string of the molecule is Nc1c(-c2ccccc2)nc2ccc(C(=O)O)cn12. The second kappa shape index (κ2) is 4.13. The highest BCUT2D eigenvalue weighted by Crippen LogP contribution is 2.26. The molecule has 0 saturated heterocycles. The molecule has 2 heterocycles. The van der Waals surface area contributed by atoms with Crippen LogP contribution in [0.5, 0.6) is 0 Å². The lowest BCUT2D eigenvalue weighted by Gasteiger charge is -2.00. The van der Waals surface area contributed by atoms with Gasteiger partial charge in [0, 0.05) is 11.8 Å². The number of hydrogen-bond acceptors (Lipinski definition) is 3. The van der Waals surface area contributed by atoms with Crippen molar-refractivity contribution in [1.29, 1.82) is 0 Å². The fourth-order valence-corrected chi connectivity index (χ4v) is 2.00. The number of rotatable bonds is 2. The number of hydrogen-bond donors (Lipinski definition) is 2. The molecule has 5 nitrogen and oxygen atoms in total. The van der Waals surface area contributed by atoms with Gasteiger partial charge in [-0.1, -0.05) is 30.3 Å². The number of anilines is 1. The Morgan fingerprint density at radius 1 is 1.16 bits per heavy atom. The zero-order valence-corrected chi connectivity index (χ0v) is 9.95. The first-order valence-corrected chi connectivity index (χ1v) is 5.73. The molecule has 0 fully saturated rings. The Balaban J connectivity index is 2.24. The van der Waals surface area contributed by atoms with Crippen molar-refractivity contribution < 1.29 is 9.90 Å². The van der Waals surface area contributed by atoms with Crippen LogP contribution in [-0.4, -0.2) is 20.5 Å². The van der Waals surface area contributed by atoms with E-state index >= 15 is 0 Å². The van der Waals surface area contributed by atoms with E-state index in [2.05, 4.69) is 4.98 Å². The van der Waals surface area contributed by atoms with Crippen molar-refractivity contribution in [3.63, 3.8) is 0 Å². The van der Waals surface area contributed by atoms with Crippen LogP contribution in [0.2, 0.25) is 0 Å². The zero-order valence-electron chi connectivity index (χ0n) is 9.95. The molecule has 0 aliphatic rings. The lowest BCUT2D eigenvalue weighted by molar-refractivity contribution is 0.0696. The van der Waals surface area contributed by atoms with Gasteiger partial charge in [0.05, 0.1) is 5.56 Å². The first-order chi connectivity index (χ1) is 9.16. The summed E-state index contributed by atoms with van der Waals surface area (Å²) in [6, 6.07) is 12.7. The van der Waals surface area contributed by atoms with Crippen LogP contribution in [0.25, 0.3) is 16.9 Å². The maximum absolute atomic E-state index is 11.0. The molecule has 3 aromatic rings. The van der Waals surface area contributed by atoms with Crippen molar-refractivity contribution in [2.75, 3.05) is 5.73 Å². The van der Waals surface area contributed by atoms with Crippen molar-refractivity contribution in [2.24, 2.45) is 0 Å². The molecule has 1 aromatic carbocycles. The van der Waals surface area contributed by atoms with Gasteiger partial charge in [-0.25, -0.2) is 9.78 Å². The highest BCUT2D eigenvalue weighted by molar-refractivity contribution is 5.88. The number of pyridine rings is 1. The lowest BCUT2D eigenvalue weighted by atomic mass is 10.1. The monoisotopic (exact) mass is 253 g/mol. The molecule has 0 saturated carbocycles. The van der Waals surface area contributed by atoms with E-state index in [1.54, 1.807) is 10.5 Å². The van der Waals surface area contributed by atoms with Crippen LogP contribution in [-0.2, 0) is 0 Å².